The molecule has 1 aromatic rings. The van der Waals surface area contributed by atoms with Gasteiger partial charge in [-0.1, -0.05) is 0 Å². The third-order valence-electron chi connectivity index (χ3n) is 2.32. The van der Waals surface area contributed by atoms with Gasteiger partial charge < -0.3 is 10.2 Å². The lowest BCUT2D eigenvalue weighted by Gasteiger charge is -2.17. The van der Waals surface area contributed by atoms with Gasteiger partial charge in [0.15, 0.2) is 0 Å². The summed E-state index contributed by atoms with van der Waals surface area (Å²) >= 11 is 0. The van der Waals surface area contributed by atoms with Crippen LogP contribution in [0.4, 0.5) is 17.1 Å². The van der Waals surface area contributed by atoms with Crippen LogP contribution in [-0.2, 0) is 0 Å². The lowest BCUT2D eigenvalue weighted by Crippen LogP contribution is -2.16. The number of anilines is 2. The fourth-order valence-corrected chi connectivity index (χ4v) is 1.25. The van der Waals surface area contributed by atoms with Crippen LogP contribution >= 0.6 is 0 Å². The van der Waals surface area contributed by atoms with Crippen LogP contribution in [0.2, 0.25) is 0 Å². The highest BCUT2D eigenvalue weighted by molar-refractivity contribution is 5.64. The van der Waals surface area contributed by atoms with Crippen LogP contribution < -0.4 is 10.2 Å². The number of non-ortho nitro benzene ring substituents is 1. The van der Waals surface area contributed by atoms with Crippen LogP contribution in [0.15, 0.2) is 18.2 Å². The van der Waals surface area contributed by atoms with Gasteiger partial charge in [0.2, 0.25) is 0 Å². The first-order valence-corrected chi connectivity index (χ1v) is 4.76. The molecule has 82 valence electrons. The Hall–Kier alpha value is -1.78. The summed E-state index contributed by atoms with van der Waals surface area (Å²) in [4.78, 5) is 12.3. The summed E-state index contributed by atoms with van der Waals surface area (Å²) in [5.41, 5.74) is 1.70. The highest BCUT2D eigenvalue weighted by atomic mass is 16.6. The van der Waals surface area contributed by atoms with Crippen molar-refractivity contribution in [3.63, 3.8) is 0 Å². The van der Waals surface area contributed by atoms with Crippen molar-refractivity contribution in [2.75, 3.05) is 30.9 Å². The molecule has 0 aliphatic rings. The largest absolute Gasteiger partial charge is 0.388 e. The van der Waals surface area contributed by atoms with Crippen molar-refractivity contribution < 1.29 is 4.92 Å². The van der Waals surface area contributed by atoms with Crippen molar-refractivity contribution in [3.05, 3.63) is 28.3 Å². The summed E-state index contributed by atoms with van der Waals surface area (Å²) in [5, 5.41) is 13.6. The summed E-state index contributed by atoms with van der Waals surface area (Å²) in [7, 11) is 3.65. The van der Waals surface area contributed by atoms with Gasteiger partial charge in [-0.05, 0) is 13.0 Å². The number of rotatable bonds is 4. The van der Waals surface area contributed by atoms with E-state index in [1.807, 2.05) is 24.9 Å². The zero-order valence-electron chi connectivity index (χ0n) is 9.15. The molecule has 15 heavy (non-hydrogen) atoms. The van der Waals surface area contributed by atoms with Crippen LogP contribution in [0.25, 0.3) is 0 Å². The number of benzene rings is 1. The van der Waals surface area contributed by atoms with Crippen LogP contribution in [0.1, 0.15) is 6.92 Å². The summed E-state index contributed by atoms with van der Waals surface area (Å²) in [6, 6.07) is 4.98. The first-order chi connectivity index (χ1) is 7.08. The molecule has 0 saturated heterocycles. The van der Waals surface area contributed by atoms with E-state index in [1.165, 1.54) is 6.07 Å². The number of hydrogen-bond donors (Lipinski definition) is 1. The van der Waals surface area contributed by atoms with E-state index in [-0.39, 0.29) is 10.6 Å². The highest BCUT2D eigenvalue weighted by Gasteiger charge is 2.10. The maximum Gasteiger partial charge on any atom is 0.273 e. The van der Waals surface area contributed by atoms with Crippen LogP contribution in [0, 0.1) is 10.1 Å². The molecule has 0 fully saturated rings. The number of nitrogens with one attached hydrogen (secondary N) is 1. The lowest BCUT2D eigenvalue weighted by atomic mass is 10.2. The average molecular weight is 209 g/mol. The molecule has 5 heteroatoms. The van der Waals surface area contributed by atoms with Crippen molar-refractivity contribution in [2.24, 2.45) is 0 Å². The third-order valence-corrected chi connectivity index (χ3v) is 2.32. The molecule has 0 heterocycles. The number of nitro benzene ring substituents is 1. The molecule has 5 nitrogen and oxygen atoms in total. The minimum absolute atomic E-state index is 0.108. The predicted molar refractivity (Wildman–Crippen MR) is 61.6 cm³/mol. The molecular formula is C10H15N3O2. The van der Waals surface area contributed by atoms with Crippen molar-refractivity contribution in [1.82, 2.24) is 0 Å². The summed E-state index contributed by atoms with van der Waals surface area (Å²) in [5.74, 6) is 0. The Labute approximate surface area is 88.9 Å². The molecule has 0 saturated carbocycles. The fraction of sp³-hybridized carbons (Fsp3) is 0.400. The van der Waals surface area contributed by atoms with Gasteiger partial charge in [0.05, 0.1) is 4.92 Å². The van der Waals surface area contributed by atoms with E-state index < -0.39 is 0 Å². The van der Waals surface area contributed by atoms with E-state index in [2.05, 4.69) is 5.32 Å². The molecule has 1 aromatic carbocycles. The maximum absolute atomic E-state index is 10.7. The van der Waals surface area contributed by atoms with E-state index in [0.29, 0.717) is 0 Å². The van der Waals surface area contributed by atoms with E-state index >= 15 is 0 Å². The first-order valence-electron chi connectivity index (χ1n) is 4.76. The van der Waals surface area contributed by atoms with E-state index in [1.54, 1.807) is 13.1 Å². The lowest BCUT2D eigenvalue weighted by molar-refractivity contribution is -0.384. The van der Waals surface area contributed by atoms with Gasteiger partial charge in [0, 0.05) is 44.1 Å². The molecule has 0 amide bonds. The topological polar surface area (TPSA) is 58.4 Å². The normalized spacial score (nSPS) is 9.80. The van der Waals surface area contributed by atoms with Gasteiger partial charge >= 0.3 is 0 Å². The van der Waals surface area contributed by atoms with E-state index in [4.69, 9.17) is 0 Å². The average Bonchev–Trinajstić information content (AvgIpc) is 2.27. The molecule has 0 aliphatic carbocycles. The maximum atomic E-state index is 10.7. The molecule has 0 unspecified atom stereocenters. The summed E-state index contributed by atoms with van der Waals surface area (Å²) < 4.78 is 0. The minimum atomic E-state index is -0.381. The van der Waals surface area contributed by atoms with Crippen molar-refractivity contribution in [1.29, 1.82) is 0 Å². The Morgan fingerprint density at radius 3 is 2.60 bits per heavy atom. The second kappa shape index (κ2) is 4.63. The molecule has 0 atom stereocenters. The molecule has 1 N–H and O–H groups in total. The molecule has 0 bridgehead atoms. The zero-order chi connectivity index (χ0) is 11.4. The Balaban J connectivity index is 3.16. The van der Waals surface area contributed by atoms with Gasteiger partial charge in [-0.2, -0.15) is 0 Å². The molecule has 0 aliphatic heterocycles. The standard InChI is InChI=1S/C10H15N3O2/c1-4-12(3)9-5-8(11-2)6-10(7-9)13(14)15/h5-7,11H,4H2,1-3H3. The van der Waals surface area contributed by atoms with E-state index in [0.717, 1.165) is 17.9 Å². The smallest absolute Gasteiger partial charge is 0.273 e. The quantitative estimate of drug-likeness (QED) is 0.609. The van der Waals surface area contributed by atoms with Crippen LogP contribution in [-0.4, -0.2) is 25.6 Å². The Bertz CT molecular complexity index is 366. The van der Waals surface area contributed by atoms with Crippen molar-refractivity contribution >= 4 is 17.1 Å². The number of nitrogens with zero attached hydrogens (tertiary/aromatic N) is 2. The SMILES string of the molecule is CCN(C)c1cc(NC)cc([N+](=O)[O-])c1. The Morgan fingerprint density at radius 2 is 2.13 bits per heavy atom. The van der Waals surface area contributed by atoms with Crippen LogP contribution in [0.5, 0.6) is 0 Å². The summed E-state index contributed by atoms with van der Waals surface area (Å²) in [6.07, 6.45) is 0. The Morgan fingerprint density at radius 1 is 1.47 bits per heavy atom. The van der Waals surface area contributed by atoms with Crippen LogP contribution in [0.3, 0.4) is 0 Å². The third kappa shape index (κ3) is 2.59. The molecule has 0 aromatic heterocycles. The Kier molecular flexibility index (Phi) is 3.49. The van der Waals surface area contributed by atoms with Gasteiger partial charge in [-0.15, -0.1) is 0 Å². The number of nitro groups is 1. The van der Waals surface area contributed by atoms with Gasteiger partial charge in [-0.25, -0.2) is 0 Å². The fourth-order valence-electron chi connectivity index (χ4n) is 1.25. The van der Waals surface area contributed by atoms with Crippen molar-refractivity contribution in [2.45, 2.75) is 6.92 Å². The predicted octanol–water partition coefficient (Wildman–Crippen LogP) is 2.09. The highest BCUT2D eigenvalue weighted by Crippen LogP contribution is 2.25. The van der Waals surface area contributed by atoms with Crippen molar-refractivity contribution in [3.8, 4) is 0 Å². The second-order valence-corrected chi connectivity index (χ2v) is 3.26. The van der Waals surface area contributed by atoms with Gasteiger partial charge in [0.1, 0.15) is 0 Å². The molecule has 1 rings (SSSR count). The minimum Gasteiger partial charge on any atom is -0.388 e. The second-order valence-electron chi connectivity index (χ2n) is 3.26. The summed E-state index contributed by atoms with van der Waals surface area (Å²) in [6.45, 7) is 2.81. The molecule has 0 radical (unpaired) electrons. The van der Waals surface area contributed by atoms with E-state index in [9.17, 15) is 10.1 Å². The molecular weight excluding hydrogens is 194 g/mol. The molecule has 0 spiro atoms. The first kappa shape index (κ1) is 11.3. The zero-order valence-corrected chi connectivity index (χ0v) is 9.15. The monoisotopic (exact) mass is 209 g/mol. The number of hydrogen-bond acceptors (Lipinski definition) is 4. The van der Waals surface area contributed by atoms with Gasteiger partial charge in [0.25, 0.3) is 5.69 Å². The van der Waals surface area contributed by atoms with Gasteiger partial charge in [-0.3, -0.25) is 10.1 Å².